The minimum absolute atomic E-state index is 0.0590. The zero-order valence-electron chi connectivity index (χ0n) is 12.3. The standard InChI is InChI=1S/C14H20N4O3/c1-9-8-17(5-6-18(9)14(19)20)13-12(10-3-4-10)15-7-11(16-13)21-2/h7,9-10H,3-6,8H2,1-2H3,(H,19,20). The van der Waals surface area contributed by atoms with Crippen LogP contribution in [0.4, 0.5) is 10.6 Å². The smallest absolute Gasteiger partial charge is 0.407 e. The van der Waals surface area contributed by atoms with E-state index in [1.54, 1.807) is 13.3 Å². The molecular formula is C14H20N4O3. The fraction of sp³-hybridized carbons (Fsp3) is 0.643. The highest BCUT2D eigenvalue weighted by Crippen LogP contribution is 2.43. The number of hydrogen-bond acceptors (Lipinski definition) is 5. The molecule has 1 saturated heterocycles. The Bertz CT molecular complexity index is 547. The second-order valence-corrected chi connectivity index (χ2v) is 5.67. The minimum atomic E-state index is -0.860. The largest absolute Gasteiger partial charge is 0.480 e. The molecule has 2 heterocycles. The summed E-state index contributed by atoms with van der Waals surface area (Å²) in [5.74, 6) is 1.85. The molecule has 2 fully saturated rings. The molecule has 7 nitrogen and oxygen atoms in total. The SMILES string of the molecule is COc1cnc(C2CC2)c(N2CCN(C(=O)O)C(C)C2)n1. The van der Waals surface area contributed by atoms with E-state index in [0.29, 0.717) is 31.4 Å². The van der Waals surface area contributed by atoms with Gasteiger partial charge in [-0.05, 0) is 19.8 Å². The summed E-state index contributed by atoms with van der Waals surface area (Å²) in [4.78, 5) is 23.8. The number of ether oxygens (including phenoxy) is 1. The fourth-order valence-corrected chi connectivity index (χ4v) is 2.78. The average Bonchev–Trinajstić information content (AvgIpc) is 3.30. The highest BCUT2D eigenvalue weighted by molar-refractivity contribution is 5.66. The summed E-state index contributed by atoms with van der Waals surface area (Å²) in [6, 6.07) is -0.0590. The van der Waals surface area contributed by atoms with Gasteiger partial charge in [-0.25, -0.2) is 4.79 Å². The van der Waals surface area contributed by atoms with E-state index in [1.807, 2.05) is 6.92 Å². The highest BCUT2D eigenvalue weighted by atomic mass is 16.5. The van der Waals surface area contributed by atoms with Gasteiger partial charge in [0.25, 0.3) is 0 Å². The molecule has 0 radical (unpaired) electrons. The summed E-state index contributed by atoms with van der Waals surface area (Å²) in [5.41, 5.74) is 1.02. The van der Waals surface area contributed by atoms with E-state index in [0.717, 1.165) is 24.4 Å². The Balaban J connectivity index is 1.84. The number of anilines is 1. The van der Waals surface area contributed by atoms with E-state index >= 15 is 0 Å². The third kappa shape index (κ3) is 2.72. The molecule has 114 valence electrons. The summed E-state index contributed by atoms with van der Waals surface area (Å²) in [7, 11) is 1.58. The Labute approximate surface area is 123 Å². The zero-order valence-corrected chi connectivity index (χ0v) is 12.3. The van der Waals surface area contributed by atoms with Gasteiger partial charge in [-0.3, -0.25) is 4.98 Å². The maximum absolute atomic E-state index is 11.2. The summed E-state index contributed by atoms with van der Waals surface area (Å²) in [5, 5.41) is 9.16. The molecule has 1 unspecified atom stereocenters. The van der Waals surface area contributed by atoms with Gasteiger partial charge in [-0.15, -0.1) is 0 Å². The van der Waals surface area contributed by atoms with Gasteiger partial charge in [0.1, 0.15) is 0 Å². The van der Waals surface area contributed by atoms with Crippen molar-refractivity contribution in [3.05, 3.63) is 11.9 Å². The lowest BCUT2D eigenvalue weighted by Gasteiger charge is -2.39. The molecule has 1 N–H and O–H groups in total. The second-order valence-electron chi connectivity index (χ2n) is 5.67. The molecule has 0 spiro atoms. The van der Waals surface area contributed by atoms with Gasteiger partial charge in [0, 0.05) is 31.6 Å². The van der Waals surface area contributed by atoms with Crippen LogP contribution in [0.1, 0.15) is 31.4 Å². The molecule has 21 heavy (non-hydrogen) atoms. The maximum Gasteiger partial charge on any atom is 0.407 e. The number of piperazine rings is 1. The first-order chi connectivity index (χ1) is 10.1. The van der Waals surface area contributed by atoms with Crippen LogP contribution in [0.25, 0.3) is 0 Å². The Morgan fingerprint density at radius 3 is 2.76 bits per heavy atom. The first kappa shape index (κ1) is 13.9. The van der Waals surface area contributed by atoms with E-state index in [1.165, 1.54) is 4.90 Å². The van der Waals surface area contributed by atoms with Crippen molar-refractivity contribution in [3.63, 3.8) is 0 Å². The van der Waals surface area contributed by atoms with Crippen molar-refractivity contribution < 1.29 is 14.6 Å². The van der Waals surface area contributed by atoms with Gasteiger partial charge < -0.3 is 19.6 Å². The molecule has 7 heteroatoms. The van der Waals surface area contributed by atoms with Crippen molar-refractivity contribution in [1.29, 1.82) is 0 Å². The lowest BCUT2D eigenvalue weighted by Crippen LogP contribution is -2.54. The molecule has 1 aliphatic carbocycles. The third-order valence-corrected chi connectivity index (χ3v) is 4.11. The summed E-state index contributed by atoms with van der Waals surface area (Å²) in [6.45, 7) is 3.68. The molecule has 0 aromatic carbocycles. The van der Waals surface area contributed by atoms with Crippen LogP contribution in [-0.2, 0) is 0 Å². The highest BCUT2D eigenvalue weighted by Gasteiger charge is 2.34. The van der Waals surface area contributed by atoms with Crippen LogP contribution in [0.5, 0.6) is 5.88 Å². The molecule has 1 aliphatic heterocycles. The summed E-state index contributed by atoms with van der Waals surface area (Å²) < 4.78 is 5.18. The van der Waals surface area contributed by atoms with E-state index < -0.39 is 6.09 Å². The molecule has 2 aliphatic rings. The first-order valence-corrected chi connectivity index (χ1v) is 7.25. The molecule has 1 aromatic heterocycles. The molecule has 1 aromatic rings. The van der Waals surface area contributed by atoms with E-state index in [-0.39, 0.29) is 6.04 Å². The molecule has 1 saturated carbocycles. The number of aromatic nitrogens is 2. The number of amides is 1. The fourth-order valence-electron chi connectivity index (χ4n) is 2.78. The van der Waals surface area contributed by atoms with Gasteiger partial charge in [0.15, 0.2) is 5.82 Å². The number of carboxylic acid groups (broad SMARTS) is 1. The maximum atomic E-state index is 11.2. The molecule has 0 bridgehead atoms. The molecule has 3 rings (SSSR count). The Kier molecular flexibility index (Phi) is 3.57. The van der Waals surface area contributed by atoms with E-state index in [9.17, 15) is 4.79 Å². The van der Waals surface area contributed by atoms with Crippen molar-refractivity contribution in [2.24, 2.45) is 0 Å². The topological polar surface area (TPSA) is 78.8 Å². The predicted molar refractivity (Wildman–Crippen MR) is 77.0 cm³/mol. The minimum Gasteiger partial charge on any atom is -0.480 e. The van der Waals surface area contributed by atoms with Crippen LogP contribution in [0.15, 0.2) is 6.20 Å². The number of nitrogens with zero attached hydrogens (tertiary/aromatic N) is 4. The van der Waals surface area contributed by atoms with Crippen molar-refractivity contribution in [2.45, 2.75) is 31.7 Å². The number of hydrogen-bond donors (Lipinski definition) is 1. The van der Waals surface area contributed by atoms with Crippen LogP contribution in [0.3, 0.4) is 0 Å². The van der Waals surface area contributed by atoms with Crippen molar-refractivity contribution in [2.75, 3.05) is 31.6 Å². The van der Waals surface area contributed by atoms with Crippen LogP contribution < -0.4 is 9.64 Å². The zero-order chi connectivity index (χ0) is 15.0. The third-order valence-electron chi connectivity index (χ3n) is 4.11. The van der Waals surface area contributed by atoms with Gasteiger partial charge in [0.05, 0.1) is 19.0 Å². The number of rotatable bonds is 3. The lowest BCUT2D eigenvalue weighted by atomic mass is 10.1. The van der Waals surface area contributed by atoms with Gasteiger partial charge in [-0.2, -0.15) is 4.98 Å². The van der Waals surface area contributed by atoms with E-state index in [4.69, 9.17) is 9.84 Å². The quantitative estimate of drug-likeness (QED) is 0.910. The Hall–Kier alpha value is -2.05. The van der Waals surface area contributed by atoms with Crippen molar-refractivity contribution in [3.8, 4) is 5.88 Å². The lowest BCUT2D eigenvalue weighted by molar-refractivity contribution is 0.122. The second kappa shape index (κ2) is 5.38. The van der Waals surface area contributed by atoms with Crippen LogP contribution in [0.2, 0.25) is 0 Å². The molecule has 1 atom stereocenters. The van der Waals surface area contributed by atoms with Crippen LogP contribution >= 0.6 is 0 Å². The molecular weight excluding hydrogens is 272 g/mol. The predicted octanol–water partition coefficient (Wildman–Crippen LogP) is 1.55. The normalized spacial score (nSPS) is 22.3. The first-order valence-electron chi connectivity index (χ1n) is 7.25. The molecule has 1 amide bonds. The monoisotopic (exact) mass is 292 g/mol. The van der Waals surface area contributed by atoms with Gasteiger partial charge >= 0.3 is 6.09 Å². The summed E-state index contributed by atoms with van der Waals surface area (Å²) >= 11 is 0. The van der Waals surface area contributed by atoms with E-state index in [2.05, 4.69) is 14.9 Å². The number of methoxy groups -OCH3 is 1. The van der Waals surface area contributed by atoms with Crippen molar-refractivity contribution >= 4 is 11.9 Å². The van der Waals surface area contributed by atoms with Crippen LogP contribution in [-0.4, -0.2) is 58.9 Å². The van der Waals surface area contributed by atoms with Crippen LogP contribution in [0, 0.1) is 0 Å². The number of carbonyl (C=O) groups is 1. The average molecular weight is 292 g/mol. The van der Waals surface area contributed by atoms with Gasteiger partial charge in [0.2, 0.25) is 5.88 Å². The Morgan fingerprint density at radius 1 is 1.43 bits per heavy atom. The summed E-state index contributed by atoms with van der Waals surface area (Å²) in [6.07, 6.45) is 3.10. The van der Waals surface area contributed by atoms with Crippen molar-refractivity contribution in [1.82, 2.24) is 14.9 Å². The van der Waals surface area contributed by atoms with Gasteiger partial charge in [-0.1, -0.05) is 0 Å². The Morgan fingerprint density at radius 2 is 2.19 bits per heavy atom.